The van der Waals surface area contributed by atoms with Crippen molar-refractivity contribution in [2.24, 2.45) is 28.6 Å². The molecule has 0 spiro atoms. The zero-order valence-electron chi connectivity index (χ0n) is 15.3. The predicted molar refractivity (Wildman–Crippen MR) is 92.3 cm³/mol. The average Bonchev–Trinajstić information content (AvgIpc) is 2.83. The van der Waals surface area contributed by atoms with Crippen molar-refractivity contribution >= 4 is 11.8 Å². The second-order valence-electron chi connectivity index (χ2n) is 9.15. The molecular formula is C21H30O3. The molecule has 0 radical (unpaired) electrons. The summed E-state index contributed by atoms with van der Waals surface area (Å²) >= 11 is 0. The molecule has 0 N–H and O–H groups in total. The van der Waals surface area contributed by atoms with Crippen molar-refractivity contribution in [3.8, 4) is 0 Å². The first-order valence-corrected chi connectivity index (χ1v) is 9.74. The Morgan fingerprint density at radius 2 is 1.83 bits per heavy atom. The van der Waals surface area contributed by atoms with E-state index in [4.69, 9.17) is 4.74 Å². The molecule has 24 heavy (non-hydrogen) atoms. The van der Waals surface area contributed by atoms with Crippen molar-refractivity contribution in [1.29, 1.82) is 0 Å². The van der Waals surface area contributed by atoms with Gasteiger partial charge in [0.15, 0.2) is 0 Å². The fraction of sp³-hybridized carbons (Fsp3) is 0.810. The SMILES string of the molecule is CC(=O)O[C@@H]1CC[C@@]2(C)C(=CC[C@@H]3[C@H]4CCC(=O)[C@]4(C)CC[C@H]32)C1. The standard InChI is InChI=1S/C21H30O3/c1-13(22)24-15-8-10-20(2)14(12-15)4-5-16-17-6-7-19(23)21(17,3)11-9-18(16)20/h4,15-18H,5-12H2,1-3H3/t15-,16-,17-,18-,20+,21-/m1/s1. The van der Waals surface area contributed by atoms with Gasteiger partial charge in [0.05, 0.1) is 0 Å². The first-order chi connectivity index (χ1) is 11.3. The zero-order chi connectivity index (χ0) is 17.1. The summed E-state index contributed by atoms with van der Waals surface area (Å²) in [6.45, 7) is 6.19. The van der Waals surface area contributed by atoms with E-state index < -0.39 is 0 Å². The van der Waals surface area contributed by atoms with Gasteiger partial charge in [0.2, 0.25) is 0 Å². The summed E-state index contributed by atoms with van der Waals surface area (Å²) in [5.74, 6) is 2.33. The Balaban J connectivity index is 1.60. The topological polar surface area (TPSA) is 43.4 Å². The smallest absolute Gasteiger partial charge is 0.302 e. The highest BCUT2D eigenvalue weighted by atomic mass is 16.5. The fourth-order valence-electron chi connectivity index (χ4n) is 6.73. The maximum absolute atomic E-state index is 12.4. The van der Waals surface area contributed by atoms with Crippen LogP contribution >= 0.6 is 0 Å². The van der Waals surface area contributed by atoms with E-state index in [1.165, 1.54) is 18.9 Å². The van der Waals surface area contributed by atoms with Gasteiger partial charge in [0, 0.05) is 25.2 Å². The number of hydrogen-bond acceptors (Lipinski definition) is 3. The van der Waals surface area contributed by atoms with E-state index in [0.29, 0.717) is 23.5 Å². The van der Waals surface area contributed by atoms with Crippen molar-refractivity contribution in [1.82, 2.24) is 0 Å². The third-order valence-corrected chi connectivity index (χ3v) is 8.10. The predicted octanol–water partition coefficient (Wildman–Crippen LogP) is 4.45. The fourth-order valence-corrected chi connectivity index (χ4v) is 6.73. The largest absolute Gasteiger partial charge is 0.462 e. The molecule has 4 aliphatic carbocycles. The summed E-state index contributed by atoms with van der Waals surface area (Å²) in [6.07, 6.45) is 10.8. The van der Waals surface area contributed by atoms with Gasteiger partial charge < -0.3 is 4.74 Å². The molecule has 4 rings (SSSR count). The molecular weight excluding hydrogens is 300 g/mol. The van der Waals surface area contributed by atoms with E-state index >= 15 is 0 Å². The molecule has 3 fully saturated rings. The number of carbonyl (C=O) groups is 2. The van der Waals surface area contributed by atoms with Gasteiger partial charge in [0.1, 0.15) is 11.9 Å². The van der Waals surface area contributed by atoms with Crippen molar-refractivity contribution in [3.05, 3.63) is 11.6 Å². The second-order valence-corrected chi connectivity index (χ2v) is 9.15. The molecule has 3 heteroatoms. The summed E-state index contributed by atoms with van der Waals surface area (Å²) in [6, 6.07) is 0. The molecule has 0 aromatic carbocycles. The number of ketones is 1. The van der Waals surface area contributed by atoms with E-state index in [1.54, 1.807) is 0 Å². The van der Waals surface area contributed by atoms with E-state index in [9.17, 15) is 9.59 Å². The Morgan fingerprint density at radius 3 is 2.58 bits per heavy atom. The molecule has 0 bridgehead atoms. The van der Waals surface area contributed by atoms with Crippen LogP contribution < -0.4 is 0 Å². The summed E-state index contributed by atoms with van der Waals surface area (Å²) in [7, 11) is 0. The molecule has 0 aliphatic heterocycles. The Bertz CT molecular complexity index is 606. The van der Waals surface area contributed by atoms with Gasteiger partial charge in [-0.05, 0) is 61.7 Å². The molecule has 0 saturated heterocycles. The van der Waals surface area contributed by atoms with Crippen LogP contribution in [0.2, 0.25) is 0 Å². The minimum Gasteiger partial charge on any atom is -0.462 e. The summed E-state index contributed by atoms with van der Waals surface area (Å²) in [5, 5.41) is 0. The van der Waals surface area contributed by atoms with Crippen LogP contribution in [0.15, 0.2) is 11.6 Å². The number of esters is 1. The monoisotopic (exact) mass is 330 g/mol. The minimum atomic E-state index is -0.157. The molecule has 132 valence electrons. The van der Waals surface area contributed by atoms with Crippen molar-refractivity contribution < 1.29 is 14.3 Å². The van der Waals surface area contributed by atoms with Gasteiger partial charge in [0.25, 0.3) is 0 Å². The Kier molecular flexibility index (Phi) is 3.71. The van der Waals surface area contributed by atoms with E-state index in [1.807, 2.05) is 0 Å². The third-order valence-electron chi connectivity index (χ3n) is 8.10. The van der Waals surface area contributed by atoms with Crippen LogP contribution in [0.4, 0.5) is 0 Å². The third kappa shape index (κ3) is 2.23. The molecule has 0 unspecified atom stereocenters. The van der Waals surface area contributed by atoms with Crippen LogP contribution in [-0.2, 0) is 14.3 Å². The lowest BCUT2D eigenvalue weighted by Crippen LogP contribution is -2.50. The maximum Gasteiger partial charge on any atom is 0.302 e. The number of hydrogen-bond donors (Lipinski definition) is 0. The molecule has 0 heterocycles. The number of ether oxygens (including phenoxy) is 1. The van der Waals surface area contributed by atoms with Gasteiger partial charge in [-0.2, -0.15) is 0 Å². The normalized spacial score (nSPS) is 47.3. The number of rotatable bonds is 1. The van der Waals surface area contributed by atoms with Crippen molar-refractivity contribution in [3.63, 3.8) is 0 Å². The zero-order valence-corrected chi connectivity index (χ0v) is 15.3. The Labute approximate surface area is 145 Å². The summed E-state index contributed by atoms with van der Waals surface area (Å²) in [5.41, 5.74) is 1.74. The van der Waals surface area contributed by atoms with E-state index in [-0.39, 0.29) is 22.9 Å². The number of carbonyl (C=O) groups excluding carboxylic acids is 2. The first-order valence-electron chi connectivity index (χ1n) is 9.74. The van der Waals surface area contributed by atoms with Gasteiger partial charge in [-0.15, -0.1) is 0 Å². The Hall–Kier alpha value is -1.12. The van der Waals surface area contributed by atoms with Crippen molar-refractivity contribution in [2.75, 3.05) is 0 Å². The van der Waals surface area contributed by atoms with E-state index in [0.717, 1.165) is 44.9 Å². The highest BCUT2D eigenvalue weighted by molar-refractivity contribution is 5.87. The second kappa shape index (κ2) is 5.44. The summed E-state index contributed by atoms with van der Waals surface area (Å²) < 4.78 is 5.50. The molecule has 6 atom stereocenters. The van der Waals surface area contributed by atoms with Gasteiger partial charge in [-0.1, -0.05) is 25.5 Å². The molecule has 0 aromatic rings. The van der Waals surface area contributed by atoms with Gasteiger partial charge in [-0.25, -0.2) is 0 Å². The van der Waals surface area contributed by atoms with Crippen LogP contribution in [0.5, 0.6) is 0 Å². The number of fused-ring (bicyclic) bond motifs is 5. The van der Waals surface area contributed by atoms with Gasteiger partial charge in [-0.3, -0.25) is 9.59 Å². The molecule has 0 amide bonds. The Morgan fingerprint density at radius 1 is 1.12 bits per heavy atom. The molecule has 3 nitrogen and oxygen atoms in total. The van der Waals surface area contributed by atoms with E-state index in [2.05, 4.69) is 19.9 Å². The minimum absolute atomic E-state index is 0.0438. The first kappa shape index (κ1) is 16.4. The quantitative estimate of drug-likeness (QED) is 0.527. The lowest BCUT2D eigenvalue weighted by Gasteiger charge is -2.56. The number of Topliss-reactive ketones (excluding diaryl/α,β-unsaturated/α-hetero) is 1. The lowest BCUT2D eigenvalue weighted by molar-refractivity contribution is -0.148. The lowest BCUT2D eigenvalue weighted by atomic mass is 9.48. The van der Waals surface area contributed by atoms with Crippen LogP contribution in [0.25, 0.3) is 0 Å². The summed E-state index contributed by atoms with van der Waals surface area (Å²) in [4.78, 5) is 23.7. The maximum atomic E-state index is 12.4. The van der Waals surface area contributed by atoms with Crippen LogP contribution in [0.1, 0.15) is 72.1 Å². The van der Waals surface area contributed by atoms with Crippen molar-refractivity contribution in [2.45, 2.75) is 78.2 Å². The highest BCUT2D eigenvalue weighted by Gasteiger charge is 2.58. The highest BCUT2D eigenvalue weighted by Crippen LogP contribution is 2.64. The van der Waals surface area contributed by atoms with Crippen LogP contribution in [0, 0.1) is 28.6 Å². The van der Waals surface area contributed by atoms with Crippen LogP contribution in [0.3, 0.4) is 0 Å². The van der Waals surface area contributed by atoms with Crippen LogP contribution in [-0.4, -0.2) is 17.9 Å². The van der Waals surface area contributed by atoms with Gasteiger partial charge >= 0.3 is 5.97 Å². The molecule has 0 aromatic heterocycles. The molecule has 4 aliphatic rings. The molecule has 3 saturated carbocycles. The average molecular weight is 330 g/mol. The number of allylic oxidation sites excluding steroid dienone is 1.